The third-order valence-corrected chi connectivity index (χ3v) is 5.51. The Labute approximate surface area is 111 Å². The lowest BCUT2D eigenvalue weighted by Gasteiger charge is -2.08. The fourth-order valence-corrected chi connectivity index (χ4v) is 4.77. The highest BCUT2D eigenvalue weighted by molar-refractivity contribution is 7.91. The molecule has 3 atom stereocenters. The van der Waals surface area contributed by atoms with Gasteiger partial charge >= 0.3 is 0 Å². The van der Waals surface area contributed by atoms with E-state index in [0.717, 1.165) is 5.56 Å². The van der Waals surface area contributed by atoms with Crippen molar-refractivity contribution in [1.82, 2.24) is 0 Å². The van der Waals surface area contributed by atoms with Crippen LogP contribution in [0.4, 0.5) is 0 Å². The molecule has 1 aromatic rings. The van der Waals surface area contributed by atoms with Crippen molar-refractivity contribution in [3.63, 3.8) is 0 Å². The molecule has 0 amide bonds. The van der Waals surface area contributed by atoms with Crippen LogP contribution in [0, 0.1) is 0 Å². The van der Waals surface area contributed by atoms with Gasteiger partial charge in [-0.2, -0.15) is 0 Å². The highest BCUT2D eigenvalue weighted by atomic mass is 32.2. The molecule has 3 rings (SSSR count). The van der Waals surface area contributed by atoms with Gasteiger partial charge in [0.1, 0.15) is 0 Å². The van der Waals surface area contributed by atoms with Crippen LogP contribution >= 0.6 is 0 Å². The van der Waals surface area contributed by atoms with Crippen molar-refractivity contribution >= 4 is 9.84 Å². The van der Waals surface area contributed by atoms with Crippen molar-refractivity contribution in [3.8, 4) is 11.5 Å². The molecule has 2 aliphatic rings. The summed E-state index contributed by atoms with van der Waals surface area (Å²) in [4.78, 5) is 0. The summed E-state index contributed by atoms with van der Waals surface area (Å²) < 4.78 is 34.1. The topological polar surface area (TPSA) is 105 Å². The van der Waals surface area contributed by atoms with Crippen LogP contribution < -0.4 is 20.9 Å². The van der Waals surface area contributed by atoms with Gasteiger partial charge in [-0.05, 0) is 17.7 Å². The van der Waals surface area contributed by atoms with Crippen molar-refractivity contribution in [3.05, 3.63) is 23.8 Å². The van der Waals surface area contributed by atoms with E-state index in [0.29, 0.717) is 11.5 Å². The second kappa shape index (κ2) is 3.84. The predicted octanol–water partition coefficient (Wildman–Crippen LogP) is -0.418. The maximum absolute atomic E-state index is 11.8. The molecular weight excluding hydrogens is 268 g/mol. The van der Waals surface area contributed by atoms with E-state index >= 15 is 0 Å². The monoisotopic (exact) mass is 284 g/mol. The average molecular weight is 284 g/mol. The van der Waals surface area contributed by atoms with Crippen LogP contribution in [0.2, 0.25) is 0 Å². The Morgan fingerprint density at radius 2 is 2.05 bits per heavy atom. The number of hydrogen-bond acceptors (Lipinski definition) is 6. The lowest BCUT2D eigenvalue weighted by atomic mass is 10.1. The summed E-state index contributed by atoms with van der Waals surface area (Å²) in [6.07, 6.45) is 1.20. The molecule has 1 aliphatic carbocycles. The first-order valence-electron chi connectivity index (χ1n) is 5.95. The van der Waals surface area contributed by atoms with Gasteiger partial charge in [-0.15, -0.1) is 0 Å². The Morgan fingerprint density at radius 3 is 2.63 bits per heavy atom. The van der Waals surface area contributed by atoms with Crippen molar-refractivity contribution in [1.29, 1.82) is 0 Å². The van der Waals surface area contributed by atoms with E-state index < -0.39 is 20.6 Å². The second-order valence-electron chi connectivity index (χ2n) is 5.16. The number of benzene rings is 1. The summed E-state index contributed by atoms with van der Waals surface area (Å²) in [5.41, 5.74) is 11.7. The average Bonchev–Trinajstić information content (AvgIpc) is 2.77. The van der Waals surface area contributed by atoms with Crippen LogP contribution in [-0.4, -0.2) is 38.8 Å². The van der Waals surface area contributed by atoms with Crippen molar-refractivity contribution in [2.75, 3.05) is 19.6 Å². The Bertz CT molecular complexity index is 631. The van der Waals surface area contributed by atoms with Gasteiger partial charge in [0.15, 0.2) is 21.3 Å². The summed E-state index contributed by atoms with van der Waals surface area (Å²) in [5, 5.41) is -0.634. The molecule has 1 aliphatic heterocycles. The maximum atomic E-state index is 11.8. The molecule has 6 nitrogen and oxygen atoms in total. The van der Waals surface area contributed by atoms with E-state index in [9.17, 15) is 8.42 Å². The molecule has 0 spiro atoms. The second-order valence-corrected chi connectivity index (χ2v) is 7.32. The van der Waals surface area contributed by atoms with Crippen LogP contribution in [0.5, 0.6) is 11.5 Å². The Morgan fingerprint density at radius 1 is 1.37 bits per heavy atom. The van der Waals surface area contributed by atoms with Gasteiger partial charge in [-0.1, -0.05) is 6.07 Å². The molecule has 0 saturated heterocycles. The predicted molar refractivity (Wildman–Crippen MR) is 69.9 cm³/mol. The van der Waals surface area contributed by atoms with E-state index in [1.165, 1.54) is 6.26 Å². The Balaban J connectivity index is 1.99. The van der Waals surface area contributed by atoms with Gasteiger partial charge in [0, 0.05) is 18.7 Å². The zero-order valence-electron chi connectivity index (χ0n) is 10.5. The van der Waals surface area contributed by atoms with Crippen molar-refractivity contribution in [2.24, 2.45) is 11.5 Å². The molecule has 0 radical (unpaired) electrons. The van der Waals surface area contributed by atoms with Crippen molar-refractivity contribution in [2.45, 2.75) is 16.7 Å². The molecule has 1 fully saturated rings. The first-order valence-corrected chi connectivity index (χ1v) is 7.91. The highest BCUT2D eigenvalue weighted by Gasteiger charge is 2.67. The number of sulfone groups is 1. The van der Waals surface area contributed by atoms with Gasteiger partial charge in [-0.25, -0.2) is 8.42 Å². The first-order chi connectivity index (χ1) is 8.88. The van der Waals surface area contributed by atoms with Gasteiger partial charge in [0.25, 0.3) is 0 Å². The Kier molecular flexibility index (Phi) is 2.57. The van der Waals surface area contributed by atoms with Gasteiger partial charge in [-0.3, -0.25) is 0 Å². The zero-order valence-corrected chi connectivity index (χ0v) is 11.3. The minimum Gasteiger partial charge on any atom is -0.454 e. The minimum absolute atomic E-state index is 0.129. The molecule has 7 heteroatoms. The number of fused-ring (bicyclic) bond motifs is 1. The fraction of sp³-hybridized carbons (Fsp3) is 0.500. The van der Waals surface area contributed by atoms with Gasteiger partial charge < -0.3 is 20.9 Å². The maximum Gasteiger partial charge on any atom is 0.231 e. The summed E-state index contributed by atoms with van der Waals surface area (Å²) in [7, 11) is -3.24. The summed E-state index contributed by atoms with van der Waals surface area (Å²) >= 11 is 0. The molecule has 1 heterocycles. The van der Waals surface area contributed by atoms with Crippen LogP contribution in [0.3, 0.4) is 0 Å². The molecule has 19 heavy (non-hydrogen) atoms. The van der Waals surface area contributed by atoms with Gasteiger partial charge in [0.2, 0.25) is 6.79 Å². The summed E-state index contributed by atoms with van der Waals surface area (Å²) in [5.74, 6) is 0.994. The number of ether oxygens (including phenoxy) is 2. The number of nitrogens with two attached hydrogens (primary N) is 2. The van der Waals surface area contributed by atoms with Crippen LogP contribution in [0.25, 0.3) is 0 Å². The van der Waals surface area contributed by atoms with E-state index in [4.69, 9.17) is 20.9 Å². The lowest BCUT2D eigenvalue weighted by molar-refractivity contribution is 0.174. The van der Waals surface area contributed by atoms with Crippen LogP contribution in [0.1, 0.15) is 11.5 Å². The largest absolute Gasteiger partial charge is 0.454 e. The third kappa shape index (κ3) is 1.80. The lowest BCUT2D eigenvalue weighted by Crippen LogP contribution is -2.38. The normalized spacial score (nSPS) is 32.4. The van der Waals surface area contributed by atoms with Crippen molar-refractivity contribution < 1.29 is 17.9 Å². The molecular formula is C12H16N2O4S. The molecule has 0 aromatic heterocycles. The molecule has 104 valence electrons. The smallest absolute Gasteiger partial charge is 0.231 e. The summed E-state index contributed by atoms with van der Waals surface area (Å²) in [6, 6.07) is 5.38. The highest BCUT2D eigenvalue weighted by Crippen LogP contribution is 2.54. The quantitative estimate of drug-likeness (QED) is 0.781. The molecule has 1 saturated carbocycles. The van der Waals surface area contributed by atoms with E-state index in [1.807, 2.05) is 6.07 Å². The van der Waals surface area contributed by atoms with E-state index in [2.05, 4.69) is 0 Å². The molecule has 0 bridgehead atoms. The van der Waals surface area contributed by atoms with E-state index in [1.54, 1.807) is 12.1 Å². The fourth-order valence-electron chi connectivity index (χ4n) is 2.90. The molecule has 4 N–H and O–H groups in total. The SMILES string of the molecule is CS(=O)(=O)[C@@H]1[C@H](c2ccc3c(c2)OCO3)[C@]1(N)CN. The van der Waals surface area contributed by atoms with Gasteiger partial charge in [0.05, 0.1) is 10.8 Å². The first kappa shape index (κ1) is 12.7. The van der Waals surface area contributed by atoms with Crippen LogP contribution in [0.15, 0.2) is 18.2 Å². The number of rotatable bonds is 3. The molecule has 1 aromatic carbocycles. The number of hydrogen-bond donors (Lipinski definition) is 2. The third-order valence-electron chi connectivity index (χ3n) is 3.87. The van der Waals surface area contributed by atoms with Crippen LogP contribution in [-0.2, 0) is 9.84 Å². The Hall–Kier alpha value is -1.31. The summed E-state index contributed by atoms with van der Waals surface area (Å²) in [6.45, 7) is 0.313. The minimum atomic E-state index is -3.24. The zero-order chi connectivity index (χ0) is 13.8. The molecule has 0 unspecified atom stereocenters. The standard InChI is InChI=1S/C12H16N2O4S/c1-19(15,16)11-10(12(11,14)5-13)7-2-3-8-9(4-7)18-6-17-8/h2-4,10-11H,5-6,13-14H2,1H3/t10-,11+,12+/m0/s1. The van der Waals surface area contributed by atoms with E-state index in [-0.39, 0.29) is 19.3 Å².